The molecule has 82 valence electrons. The van der Waals surface area contributed by atoms with Crippen molar-refractivity contribution in [3.63, 3.8) is 0 Å². The first-order chi connectivity index (χ1) is 7.65. The van der Waals surface area contributed by atoms with Crippen LogP contribution in [0.15, 0.2) is 23.6 Å². The second-order valence-corrected chi connectivity index (χ2v) is 4.08. The summed E-state index contributed by atoms with van der Waals surface area (Å²) < 4.78 is 0. The standard InChI is InChI=1S/C10H10N4OS/c1-6-3-2-4-8(12-6)14-9(15)7-5-16-10(11)13-7/h2-5H,1H3,(H2,11,13)(H,12,14,15). The van der Waals surface area contributed by atoms with Crippen molar-refractivity contribution in [2.45, 2.75) is 6.92 Å². The average molecular weight is 234 g/mol. The molecular formula is C10H10N4OS. The lowest BCUT2D eigenvalue weighted by Crippen LogP contribution is -2.13. The molecule has 5 nitrogen and oxygen atoms in total. The van der Waals surface area contributed by atoms with Gasteiger partial charge in [-0.3, -0.25) is 4.79 Å². The molecule has 0 spiro atoms. The van der Waals surface area contributed by atoms with Gasteiger partial charge >= 0.3 is 0 Å². The van der Waals surface area contributed by atoms with Gasteiger partial charge < -0.3 is 11.1 Å². The van der Waals surface area contributed by atoms with E-state index < -0.39 is 0 Å². The van der Waals surface area contributed by atoms with Crippen molar-refractivity contribution < 1.29 is 4.79 Å². The lowest BCUT2D eigenvalue weighted by atomic mass is 10.3. The number of nitrogens with one attached hydrogen (secondary N) is 1. The minimum atomic E-state index is -0.300. The van der Waals surface area contributed by atoms with Gasteiger partial charge in [-0.2, -0.15) is 0 Å². The van der Waals surface area contributed by atoms with Gasteiger partial charge in [0.25, 0.3) is 5.91 Å². The first kappa shape index (κ1) is 10.6. The molecule has 0 saturated carbocycles. The second kappa shape index (κ2) is 4.28. The number of pyridine rings is 1. The van der Waals surface area contributed by atoms with Gasteiger partial charge in [-0.05, 0) is 19.1 Å². The smallest absolute Gasteiger partial charge is 0.276 e. The molecule has 2 aromatic heterocycles. The van der Waals surface area contributed by atoms with Crippen molar-refractivity contribution in [2.24, 2.45) is 0 Å². The summed E-state index contributed by atoms with van der Waals surface area (Å²) in [5.41, 5.74) is 6.60. The van der Waals surface area contributed by atoms with Crippen LogP contribution in [0.25, 0.3) is 0 Å². The van der Waals surface area contributed by atoms with Gasteiger partial charge in [-0.1, -0.05) is 6.07 Å². The molecule has 3 N–H and O–H groups in total. The number of carbonyl (C=O) groups is 1. The minimum absolute atomic E-state index is 0.300. The third-order valence-corrected chi connectivity index (χ3v) is 2.56. The molecule has 0 saturated heterocycles. The molecule has 2 rings (SSSR count). The lowest BCUT2D eigenvalue weighted by Gasteiger charge is -2.02. The molecular weight excluding hydrogens is 224 g/mol. The highest BCUT2D eigenvalue weighted by atomic mass is 32.1. The highest BCUT2D eigenvalue weighted by molar-refractivity contribution is 7.13. The summed E-state index contributed by atoms with van der Waals surface area (Å²) in [6.07, 6.45) is 0. The van der Waals surface area contributed by atoms with E-state index in [0.29, 0.717) is 16.6 Å². The maximum absolute atomic E-state index is 11.7. The average Bonchev–Trinajstić information content (AvgIpc) is 2.65. The van der Waals surface area contributed by atoms with Gasteiger partial charge in [0.15, 0.2) is 5.13 Å². The van der Waals surface area contributed by atoms with Crippen LogP contribution in [0.1, 0.15) is 16.2 Å². The Balaban J connectivity index is 2.13. The fourth-order valence-corrected chi connectivity index (χ4v) is 1.73. The summed E-state index contributed by atoms with van der Waals surface area (Å²) >= 11 is 1.23. The van der Waals surface area contributed by atoms with Crippen molar-refractivity contribution in [3.05, 3.63) is 35.0 Å². The van der Waals surface area contributed by atoms with Gasteiger partial charge in [0.05, 0.1) is 0 Å². The number of hydrogen-bond donors (Lipinski definition) is 2. The number of nitrogen functional groups attached to an aromatic ring is 1. The summed E-state index contributed by atoms with van der Waals surface area (Å²) in [5.74, 6) is 0.211. The molecule has 6 heteroatoms. The lowest BCUT2D eigenvalue weighted by molar-refractivity contribution is 0.102. The molecule has 0 atom stereocenters. The zero-order valence-electron chi connectivity index (χ0n) is 8.60. The highest BCUT2D eigenvalue weighted by Gasteiger charge is 2.10. The van der Waals surface area contributed by atoms with E-state index in [4.69, 9.17) is 5.73 Å². The summed E-state index contributed by atoms with van der Waals surface area (Å²) in [4.78, 5) is 19.7. The van der Waals surface area contributed by atoms with E-state index in [0.717, 1.165) is 5.69 Å². The Morgan fingerprint density at radius 3 is 2.88 bits per heavy atom. The Kier molecular flexibility index (Phi) is 2.82. The summed E-state index contributed by atoms with van der Waals surface area (Å²) in [6.45, 7) is 1.86. The van der Waals surface area contributed by atoms with E-state index in [9.17, 15) is 4.79 Å². The number of aryl methyl sites for hydroxylation is 1. The molecule has 2 heterocycles. The van der Waals surface area contributed by atoms with Crippen molar-refractivity contribution >= 4 is 28.2 Å². The van der Waals surface area contributed by atoms with Crippen LogP contribution >= 0.6 is 11.3 Å². The fourth-order valence-electron chi connectivity index (χ4n) is 1.18. The van der Waals surface area contributed by atoms with E-state index >= 15 is 0 Å². The van der Waals surface area contributed by atoms with Crippen LogP contribution in [0.5, 0.6) is 0 Å². The predicted molar refractivity (Wildman–Crippen MR) is 63.5 cm³/mol. The number of amides is 1. The molecule has 0 bridgehead atoms. The van der Waals surface area contributed by atoms with Gasteiger partial charge in [0, 0.05) is 11.1 Å². The minimum Gasteiger partial charge on any atom is -0.375 e. The number of aromatic nitrogens is 2. The van der Waals surface area contributed by atoms with Gasteiger partial charge in [0.1, 0.15) is 11.5 Å². The molecule has 16 heavy (non-hydrogen) atoms. The van der Waals surface area contributed by atoms with Crippen molar-refractivity contribution in [1.29, 1.82) is 0 Å². The van der Waals surface area contributed by atoms with Crippen LogP contribution in [-0.2, 0) is 0 Å². The summed E-state index contributed by atoms with van der Waals surface area (Å²) in [6, 6.07) is 5.41. The number of thiazole rings is 1. The Bertz CT molecular complexity index is 523. The molecule has 0 fully saturated rings. The second-order valence-electron chi connectivity index (χ2n) is 3.19. The third kappa shape index (κ3) is 2.34. The molecule has 0 aliphatic carbocycles. The Morgan fingerprint density at radius 2 is 2.25 bits per heavy atom. The Hall–Kier alpha value is -1.95. The number of carbonyl (C=O) groups excluding carboxylic acids is 1. The zero-order valence-corrected chi connectivity index (χ0v) is 9.41. The van der Waals surface area contributed by atoms with Crippen LogP contribution in [-0.4, -0.2) is 15.9 Å². The SMILES string of the molecule is Cc1cccc(NC(=O)c2csc(N)n2)n1. The van der Waals surface area contributed by atoms with Crippen LogP contribution < -0.4 is 11.1 Å². The monoisotopic (exact) mass is 234 g/mol. The molecule has 1 amide bonds. The van der Waals surface area contributed by atoms with Gasteiger partial charge in [-0.25, -0.2) is 9.97 Å². The first-order valence-corrected chi connectivity index (χ1v) is 5.49. The van der Waals surface area contributed by atoms with Crippen molar-refractivity contribution in [3.8, 4) is 0 Å². The van der Waals surface area contributed by atoms with Crippen LogP contribution in [0, 0.1) is 6.92 Å². The van der Waals surface area contributed by atoms with E-state index in [-0.39, 0.29) is 5.91 Å². The van der Waals surface area contributed by atoms with E-state index in [1.807, 2.05) is 19.1 Å². The molecule has 2 aromatic rings. The predicted octanol–water partition coefficient (Wildman–Crippen LogP) is 1.68. The molecule has 0 aliphatic heterocycles. The molecule has 0 aliphatic rings. The Morgan fingerprint density at radius 1 is 1.44 bits per heavy atom. The van der Waals surface area contributed by atoms with Gasteiger partial charge in [-0.15, -0.1) is 11.3 Å². The number of anilines is 2. The maximum Gasteiger partial charge on any atom is 0.276 e. The number of hydrogen-bond acceptors (Lipinski definition) is 5. The Labute approximate surface area is 96.3 Å². The van der Waals surface area contributed by atoms with Crippen LogP contribution in [0.4, 0.5) is 10.9 Å². The molecule has 0 radical (unpaired) electrons. The number of nitrogens with zero attached hydrogens (tertiary/aromatic N) is 2. The summed E-state index contributed by atoms with van der Waals surface area (Å²) in [7, 11) is 0. The maximum atomic E-state index is 11.7. The topological polar surface area (TPSA) is 80.9 Å². The quantitative estimate of drug-likeness (QED) is 0.828. The largest absolute Gasteiger partial charge is 0.375 e. The third-order valence-electron chi connectivity index (χ3n) is 1.88. The van der Waals surface area contributed by atoms with Gasteiger partial charge in [0.2, 0.25) is 0 Å². The highest BCUT2D eigenvalue weighted by Crippen LogP contribution is 2.12. The van der Waals surface area contributed by atoms with Crippen LogP contribution in [0.2, 0.25) is 0 Å². The molecule has 0 unspecified atom stereocenters. The fraction of sp³-hybridized carbons (Fsp3) is 0.100. The molecule has 0 aromatic carbocycles. The van der Waals surface area contributed by atoms with E-state index in [1.165, 1.54) is 11.3 Å². The van der Waals surface area contributed by atoms with Crippen LogP contribution in [0.3, 0.4) is 0 Å². The number of rotatable bonds is 2. The summed E-state index contributed by atoms with van der Waals surface area (Å²) in [5, 5.41) is 4.64. The first-order valence-electron chi connectivity index (χ1n) is 4.61. The zero-order chi connectivity index (χ0) is 11.5. The van der Waals surface area contributed by atoms with Crippen molar-refractivity contribution in [2.75, 3.05) is 11.1 Å². The number of nitrogens with two attached hydrogens (primary N) is 1. The van der Waals surface area contributed by atoms with E-state index in [2.05, 4.69) is 15.3 Å². The normalized spacial score (nSPS) is 10.1. The van der Waals surface area contributed by atoms with E-state index in [1.54, 1.807) is 11.4 Å². The van der Waals surface area contributed by atoms with Crippen molar-refractivity contribution in [1.82, 2.24) is 9.97 Å².